The summed E-state index contributed by atoms with van der Waals surface area (Å²) in [6, 6.07) is 17.1. The first-order chi connectivity index (χ1) is 10.3. The van der Waals surface area contributed by atoms with Crippen molar-refractivity contribution in [2.75, 3.05) is 11.4 Å². The number of anilines is 2. The normalized spacial score (nSPS) is 16.2. The van der Waals surface area contributed by atoms with E-state index in [0.717, 1.165) is 18.5 Å². The number of para-hydroxylation sites is 1. The van der Waals surface area contributed by atoms with Crippen LogP contribution in [0.5, 0.6) is 0 Å². The highest BCUT2D eigenvalue weighted by molar-refractivity contribution is 5.67. The third-order valence-electron chi connectivity index (χ3n) is 4.34. The largest absolute Gasteiger partial charge is 0.388 e. The summed E-state index contributed by atoms with van der Waals surface area (Å²) in [5, 5.41) is 9.92. The molecule has 0 aromatic heterocycles. The van der Waals surface area contributed by atoms with Crippen molar-refractivity contribution in [2.24, 2.45) is 0 Å². The summed E-state index contributed by atoms with van der Waals surface area (Å²) in [7, 11) is 0. The van der Waals surface area contributed by atoms with E-state index in [1.54, 1.807) is 0 Å². The zero-order valence-corrected chi connectivity index (χ0v) is 12.6. The van der Waals surface area contributed by atoms with Gasteiger partial charge in [0.2, 0.25) is 0 Å². The molecule has 0 saturated heterocycles. The van der Waals surface area contributed by atoms with Crippen molar-refractivity contribution in [1.29, 1.82) is 0 Å². The fourth-order valence-corrected chi connectivity index (χ4v) is 3.07. The molecule has 3 rings (SSSR count). The Balaban J connectivity index is 1.93. The monoisotopic (exact) mass is 281 g/mol. The average molecular weight is 281 g/mol. The Morgan fingerprint density at radius 2 is 1.81 bits per heavy atom. The number of aliphatic hydroxyl groups is 1. The molecule has 1 atom stereocenters. The van der Waals surface area contributed by atoms with Gasteiger partial charge < -0.3 is 10.0 Å². The van der Waals surface area contributed by atoms with E-state index in [4.69, 9.17) is 0 Å². The number of aryl methyl sites for hydroxylation is 1. The summed E-state index contributed by atoms with van der Waals surface area (Å²) < 4.78 is 0. The molecule has 2 heteroatoms. The first-order valence-electron chi connectivity index (χ1n) is 7.93. The van der Waals surface area contributed by atoms with E-state index in [2.05, 4.69) is 53.4 Å². The van der Waals surface area contributed by atoms with Crippen LogP contribution in [0.15, 0.2) is 48.5 Å². The van der Waals surface area contributed by atoms with Crippen LogP contribution in [0.3, 0.4) is 0 Å². The maximum atomic E-state index is 9.92. The second-order valence-electron chi connectivity index (χ2n) is 5.75. The smallest absolute Gasteiger partial charge is 0.0787 e. The van der Waals surface area contributed by atoms with Crippen molar-refractivity contribution < 1.29 is 5.11 Å². The molecule has 0 amide bonds. The predicted molar refractivity (Wildman–Crippen MR) is 88.1 cm³/mol. The molecule has 21 heavy (non-hydrogen) atoms. The van der Waals surface area contributed by atoms with Gasteiger partial charge in [0.25, 0.3) is 0 Å². The van der Waals surface area contributed by atoms with E-state index in [1.165, 1.54) is 36.2 Å². The third kappa shape index (κ3) is 2.96. The standard InChI is InChI=1S/C19H23NO/c1-2-19(21)16-10-12-17(13-11-16)20-14-6-5-8-15-7-3-4-9-18(15)20/h3-4,7,9-13,19,21H,2,5-6,8,14H2,1H3/t19-/m1/s1. The van der Waals surface area contributed by atoms with Gasteiger partial charge in [-0.3, -0.25) is 0 Å². The number of benzene rings is 2. The van der Waals surface area contributed by atoms with Crippen LogP contribution in [0.4, 0.5) is 11.4 Å². The molecule has 1 heterocycles. The lowest BCUT2D eigenvalue weighted by atomic mass is 10.1. The van der Waals surface area contributed by atoms with Crippen LogP contribution in [0, 0.1) is 0 Å². The van der Waals surface area contributed by atoms with Crippen molar-refractivity contribution in [1.82, 2.24) is 0 Å². The third-order valence-corrected chi connectivity index (χ3v) is 4.34. The lowest BCUT2D eigenvalue weighted by molar-refractivity contribution is 0.173. The van der Waals surface area contributed by atoms with Gasteiger partial charge in [0.1, 0.15) is 0 Å². The molecule has 2 aromatic carbocycles. The van der Waals surface area contributed by atoms with Crippen LogP contribution >= 0.6 is 0 Å². The molecule has 2 nitrogen and oxygen atoms in total. The molecule has 0 radical (unpaired) electrons. The Bertz CT molecular complexity index is 591. The number of rotatable bonds is 3. The number of hydrogen-bond donors (Lipinski definition) is 1. The Kier molecular flexibility index (Phi) is 4.26. The fraction of sp³-hybridized carbons (Fsp3) is 0.368. The molecular formula is C19H23NO. The number of fused-ring (bicyclic) bond motifs is 1. The summed E-state index contributed by atoms with van der Waals surface area (Å²) in [5.41, 5.74) is 4.99. The minimum absolute atomic E-state index is 0.351. The van der Waals surface area contributed by atoms with Gasteiger partial charge in [-0.05, 0) is 55.0 Å². The van der Waals surface area contributed by atoms with E-state index >= 15 is 0 Å². The molecule has 1 N–H and O–H groups in total. The number of nitrogens with zero attached hydrogens (tertiary/aromatic N) is 1. The van der Waals surface area contributed by atoms with Crippen LogP contribution in [0.25, 0.3) is 0 Å². The van der Waals surface area contributed by atoms with E-state index in [0.29, 0.717) is 0 Å². The molecule has 0 spiro atoms. The van der Waals surface area contributed by atoms with Gasteiger partial charge >= 0.3 is 0 Å². The van der Waals surface area contributed by atoms with Gasteiger partial charge in [0, 0.05) is 17.9 Å². The molecule has 0 aliphatic carbocycles. The maximum absolute atomic E-state index is 9.92. The van der Waals surface area contributed by atoms with Crippen molar-refractivity contribution in [3.8, 4) is 0 Å². The maximum Gasteiger partial charge on any atom is 0.0787 e. The highest BCUT2D eigenvalue weighted by atomic mass is 16.3. The summed E-state index contributed by atoms with van der Waals surface area (Å²) in [4.78, 5) is 2.41. The molecule has 0 fully saturated rings. The fourth-order valence-electron chi connectivity index (χ4n) is 3.07. The zero-order chi connectivity index (χ0) is 14.7. The van der Waals surface area contributed by atoms with Gasteiger partial charge in [0.05, 0.1) is 6.10 Å². The van der Waals surface area contributed by atoms with E-state index in [9.17, 15) is 5.11 Å². The molecule has 0 bridgehead atoms. The van der Waals surface area contributed by atoms with E-state index < -0.39 is 0 Å². The molecule has 0 unspecified atom stereocenters. The summed E-state index contributed by atoms with van der Waals surface area (Å²) in [6.07, 6.45) is 4.04. The minimum atomic E-state index is -0.351. The number of aliphatic hydroxyl groups excluding tert-OH is 1. The molecule has 2 aromatic rings. The van der Waals surface area contributed by atoms with Gasteiger partial charge in [-0.1, -0.05) is 37.3 Å². The summed E-state index contributed by atoms with van der Waals surface area (Å²) in [6.45, 7) is 3.07. The summed E-state index contributed by atoms with van der Waals surface area (Å²) >= 11 is 0. The first kappa shape index (κ1) is 14.2. The Morgan fingerprint density at radius 1 is 1.05 bits per heavy atom. The van der Waals surface area contributed by atoms with Crippen LogP contribution in [0.1, 0.15) is 43.4 Å². The highest BCUT2D eigenvalue weighted by Crippen LogP contribution is 2.33. The quantitative estimate of drug-likeness (QED) is 0.888. The number of hydrogen-bond acceptors (Lipinski definition) is 2. The van der Waals surface area contributed by atoms with Gasteiger partial charge in [-0.2, -0.15) is 0 Å². The van der Waals surface area contributed by atoms with Crippen LogP contribution < -0.4 is 4.90 Å². The summed E-state index contributed by atoms with van der Waals surface area (Å²) in [5.74, 6) is 0. The van der Waals surface area contributed by atoms with Crippen molar-refractivity contribution in [2.45, 2.75) is 38.7 Å². The van der Waals surface area contributed by atoms with Gasteiger partial charge in [0.15, 0.2) is 0 Å². The van der Waals surface area contributed by atoms with E-state index in [1.807, 2.05) is 6.92 Å². The predicted octanol–water partition coefficient (Wildman–Crippen LogP) is 4.60. The molecule has 110 valence electrons. The lowest BCUT2D eigenvalue weighted by Gasteiger charge is -2.25. The van der Waals surface area contributed by atoms with Crippen LogP contribution in [-0.4, -0.2) is 11.7 Å². The molecule has 1 aliphatic rings. The lowest BCUT2D eigenvalue weighted by Crippen LogP contribution is -2.17. The second kappa shape index (κ2) is 6.31. The van der Waals surface area contributed by atoms with E-state index in [-0.39, 0.29) is 6.10 Å². The topological polar surface area (TPSA) is 23.5 Å². The Labute approximate surface area is 127 Å². The van der Waals surface area contributed by atoms with Crippen molar-refractivity contribution in [3.63, 3.8) is 0 Å². The van der Waals surface area contributed by atoms with Crippen LogP contribution in [0.2, 0.25) is 0 Å². The van der Waals surface area contributed by atoms with Crippen molar-refractivity contribution in [3.05, 3.63) is 59.7 Å². The van der Waals surface area contributed by atoms with Gasteiger partial charge in [-0.25, -0.2) is 0 Å². The first-order valence-corrected chi connectivity index (χ1v) is 7.93. The molecule has 1 aliphatic heterocycles. The van der Waals surface area contributed by atoms with Crippen molar-refractivity contribution >= 4 is 11.4 Å². The SMILES string of the molecule is CC[C@@H](O)c1ccc(N2CCCCc3ccccc32)cc1. The zero-order valence-electron chi connectivity index (χ0n) is 12.6. The average Bonchev–Trinajstić information content (AvgIpc) is 2.77. The Hall–Kier alpha value is -1.80. The Morgan fingerprint density at radius 3 is 2.57 bits per heavy atom. The van der Waals surface area contributed by atoms with Crippen LogP contribution in [-0.2, 0) is 6.42 Å². The van der Waals surface area contributed by atoms with Gasteiger partial charge in [-0.15, -0.1) is 0 Å². The minimum Gasteiger partial charge on any atom is -0.388 e. The second-order valence-corrected chi connectivity index (χ2v) is 5.75. The molecular weight excluding hydrogens is 258 g/mol. The highest BCUT2D eigenvalue weighted by Gasteiger charge is 2.16. The molecule has 0 saturated carbocycles.